The molecule has 2 aromatic heterocycles. The number of carbonyl (C=O) groups excluding carboxylic acids is 2. The third-order valence-corrected chi connectivity index (χ3v) is 5.59. The van der Waals surface area contributed by atoms with E-state index in [4.69, 9.17) is 0 Å². The second-order valence-electron chi connectivity index (χ2n) is 5.62. The summed E-state index contributed by atoms with van der Waals surface area (Å²) in [6, 6.07) is 3.54. The Morgan fingerprint density at radius 2 is 2.04 bits per heavy atom. The molecule has 2 amide bonds. The summed E-state index contributed by atoms with van der Waals surface area (Å²) < 4.78 is 0. The van der Waals surface area contributed by atoms with E-state index in [2.05, 4.69) is 15.6 Å². The molecule has 0 atom stereocenters. The van der Waals surface area contributed by atoms with Crippen molar-refractivity contribution in [2.24, 2.45) is 0 Å². The molecule has 0 aliphatic heterocycles. The van der Waals surface area contributed by atoms with Crippen molar-refractivity contribution in [1.82, 2.24) is 10.3 Å². The zero-order valence-electron chi connectivity index (χ0n) is 12.7. The van der Waals surface area contributed by atoms with Crippen LogP contribution in [0, 0.1) is 0 Å². The zero-order chi connectivity index (χ0) is 16.1. The number of thiazole rings is 1. The summed E-state index contributed by atoms with van der Waals surface area (Å²) in [5, 5.41) is 9.85. The van der Waals surface area contributed by atoms with Gasteiger partial charge in [0.1, 0.15) is 0 Å². The molecule has 0 saturated heterocycles. The molecule has 2 N–H and O–H groups in total. The van der Waals surface area contributed by atoms with E-state index in [1.54, 1.807) is 6.07 Å². The standard InChI is InChI=1S/C16H19N3O2S2/c20-14(9-17-15(21)13-7-4-8-22-13)19-16-18-12(10-23-16)11-5-2-1-3-6-11/h4,7-8,10-11H,1-3,5-6,9H2,(H,17,21)(H,18,19,20). The van der Waals surface area contributed by atoms with Crippen LogP contribution < -0.4 is 10.6 Å². The summed E-state index contributed by atoms with van der Waals surface area (Å²) in [6.07, 6.45) is 6.22. The van der Waals surface area contributed by atoms with Crippen LogP contribution in [0.25, 0.3) is 0 Å². The normalized spacial score (nSPS) is 15.3. The monoisotopic (exact) mass is 349 g/mol. The zero-order valence-corrected chi connectivity index (χ0v) is 14.3. The van der Waals surface area contributed by atoms with E-state index in [0.717, 1.165) is 5.69 Å². The minimum absolute atomic E-state index is 0.0466. The minimum atomic E-state index is -0.251. The summed E-state index contributed by atoms with van der Waals surface area (Å²) in [5.74, 6) is 0.0563. The summed E-state index contributed by atoms with van der Waals surface area (Å²) in [6.45, 7) is -0.0466. The topological polar surface area (TPSA) is 71.1 Å². The van der Waals surface area contributed by atoms with Crippen LogP contribution in [0.15, 0.2) is 22.9 Å². The number of anilines is 1. The Bertz CT molecular complexity index is 661. The summed E-state index contributed by atoms with van der Waals surface area (Å²) in [7, 11) is 0. The highest BCUT2D eigenvalue weighted by Gasteiger charge is 2.18. The number of aromatic nitrogens is 1. The van der Waals surface area contributed by atoms with Crippen LogP contribution in [0.3, 0.4) is 0 Å². The molecule has 1 saturated carbocycles. The molecule has 2 heterocycles. The average Bonchev–Trinajstić information content (AvgIpc) is 3.25. The molecule has 0 bridgehead atoms. The van der Waals surface area contributed by atoms with Crippen molar-refractivity contribution in [3.8, 4) is 0 Å². The smallest absolute Gasteiger partial charge is 0.261 e. The maximum absolute atomic E-state index is 11.9. The highest BCUT2D eigenvalue weighted by molar-refractivity contribution is 7.14. The van der Waals surface area contributed by atoms with E-state index < -0.39 is 0 Å². The molecule has 3 rings (SSSR count). The lowest BCUT2D eigenvalue weighted by Gasteiger charge is -2.19. The second kappa shape index (κ2) is 7.70. The van der Waals surface area contributed by atoms with Crippen LogP contribution in [0.4, 0.5) is 5.13 Å². The Hall–Kier alpha value is -1.73. The van der Waals surface area contributed by atoms with Crippen LogP contribution in [0.2, 0.25) is 0 Å². The fraction of sp³-hybridized carbons (Fsp3) is 0.438. The Kier molecular flexibility index (Phi) is 5.40. The number of hydrogen-bond acceptors (Lipinski definition) is 5. The molecule has 2 aromatic rings. The Balaban J connectivity index is 1.48. The van der Waals surface area contributed by atoms with Crippen molar-refractivity contribution in [3.05, 3.63) is 33.5 Å². The molecular formula is C16H19N3O2S2. The molecule has 7 heteroatoms. The first-order valence-electron chi connectivity index (χ1n) is 7.79. The number of rotatable bonds is 5. The van der Waals surface area contributed by atoms with Gasteiger partial charge in [0.05, 0.1) is 17.1 Å². The first-order chi connectivity index (χ1) is 11.2. The molecular weight excluding hydrogens is 330 g/mol. The maximum atomic E-state index is 11.9. The van der Waals surface area contributed by atoms with Gasteiger partial charge in [0.15, 0.2) is 5.13 Å². The van der Waals surface area contributed by atoms with Gasteiger partial charge in [-0.3, -0.25) is 9.59 Å². The Labute approximate surface area is 143 Å². The number of hydrogen-bond donors (Lipinski definition) is 2. The first kappa shape index (κ1) is 16.1. The summed E-state index contributed by atoms with van der Waals surface area (Å²) in [4.78, 5) is 28.8. The number of thiophene rings is 1. The van der Waals surface area contributed by atoms with Crippen LogP contribution in [0.1, 0.15) is 53.4 Å². The van der Waals surface area contributed by atoms with Crippen molar-refractivity contribution < 1.29 is 9.59 Å². The van der Waals surface area contributed by atoms with E-state index in [0.29, 0.717) is 15.9 Å². The van der Waals surface area contributed by atoms with Crippen molar-refractivity contribution in [3.63, 3.8) is 0 Å². The van der Waals surface area contributed by atoms with Gasteiger partial charge in [-0.1, -0.05) is 25.3 Å². The molecule has 0 aromatic carbocycles. The second-order valence-corrected chi connectivity index (χ2v) is 7.43. The highest BCUT2D eigenvalue weighted by atomic mass is 32.1. The highest BCUT2D eigenvalue weighted by Crippen LogP contribution is 2.33. The van der Waals surface area contributed by atoms with Crippen LogP contribution in [0.5, 0.6) is 0 Å². The van der Waals surface area contributed by atoms with Gasteiger partial charge in [-0.05, 0) is 24.3 Å². The first-order valence-corrected chi connectivity index (χ1v) is 9.55. The van der Waals surface area contributed by atoms with Gasteiger partial charge in [-0.25, -0.2) is 4.98 Å². The fourth-order valence-corrected chi connectivity index (χ4v) is 4.20. The van der Waals surface area contributed by atoms with E-state index >= 15 is 0 Å². The molecule has 0 spiro atoms. The van der Waals surface area contributed by atoms with Gasteiger partial charge in [0.2, 0.25) is 5.91 Å². The molecule has 1 fully saturated rings. The SMILES string of the molecule is O=C(CNC(=O)c1cccs1)Nc1nc(C2CCCCC2)cs1. The average molecular weight is 349 g/mol. The van der Waals surface area contributed by atoms with Gasteiger partial charge in [-0.2, -0.15) is 0 Å². The van der Waals surface area contributed by atoms with E-state index in [1.807, 2.05) is 16.8 Å². The Morgan fingerprint density at radius 3 is 2.78 bits per heavy atom. The molecule has 23 heavy (non-hydrogen) atoms. The molecule has 1 aliphatic carbocycles. The minimum Gasteiger partial charge on any atom is -0.342 e. The lowest BCUT2D eigenvalue weighted by Crippen LogP contribution is -2.32. The fourth-order valence-electron chi connectivity index (χ4n) is 2.75. The number of nitrogens with zero attached hydrogens (tertiary/aromatic N) is 1. The third-order valence-electron chi connectivity index (χ3n) is 3.95. The lowest BCUT2D eigenvalue weighted by molar-refractivity contribution is -0.115. The Morgan fingerprint density at radius 1 is 1.22 bits per heavy atom. The largest absolute Gasteiger partial charge is 0.342 e. The summed E-state index contributed by atoms with van der Waals surface area (Å²) in [5.41, 5.74) is 1.09. The lowest BCUT2D eigenvalue weighted by atomic mass is 9.87. The van der Waals surface area contributed by atoms with Crippen LogP contribution in [-0.2, 0) is 4.79 Å². The van der Waals surface area contributed by atoms with Gasteiger partial charge >= 0.3 is 0 Å². The van der Waals surface area contributed by atoms with Crippen molar-refractivity contribution in [2.75, 3.05) is 11.9 Å². The van der Waals surface area contributed by atoms with Gasteiger partial charge in [0, 0.05) is 11.3 Å². The van der Waals surface area contributed by atoms with Crippen molar-refractivity contribution in [2.45, 2.75) is 38.0 Å². The molecule has 5 nitrogen and oxygen atoms in total. The number of amides is 2. The predicted molar refractivity (Wildman–Crippen MR) is 93.2 cm³/mol. The van der Waals surface area contributed by atoms with Crippen molar-refractivity contribution in [1.29, 1.82) is 0 Å². The maximum Gasteiger partial charge on any atom is 0.261 e. The molecule has 0 radical (unpaired) electrons. The van der Waals surface area contributed by atoms with E-state index in [-0.39, 0.29) is 18.4 Å². The van der Waals surface area contributed by atoms with Crippen LogP contribution >= 0.6 is 22.7 Å². The van der Waals surface area contributed by atoms with Gasteiger partial charge < -0.3 is 10.6 Å². The summed E-state index contributed by atoms with van der Waals surface area (Å²) >= 11 is 2.80. The number of nitrogens with one attached hydrogen (secondary N) is 2. The van der Waals surface area contributed by atoms with Gasteiger partial charge in [0.25, 0.3) is 5.91 Å². The molecule has 0 unspecified atom stereocenters. The quantitative estimate of drug-likeness (QED) is 0.866. The van der Waals surface area contributed by atoms with E-state index in [9.17, 15) is 9.59 Å². The van der Waals surface area contributed by atoms with E-state index in [1.165, 1.54) is 54.8 Å². The van der Waals surface area contributed by atoms with Crippen LogP contribution in [-0.4, -0.2) is 23.3 Å². The molecule has 122 valence electrons. The molecule has 1 aliphatic rings. The van der Waals surface area contributed by atoms with Crippen molar-refractivity contribution >= 4 is 39.6 Å². The van der Waals surface area contributed by atoms with Gasteiger partial charge in [-0.15, -0.1) is 22.7 Å². The third kappa shape index (κ3) is 4.39. The predicted octanol–water partition coefficient (Wildman–Crippen LogP) is 3.62. The number of carbonyl (C=O) groups is 2.